The summed E-state index contributed by atoms with van der Waals surface area (Å²) < 4.78 is 10.6. The minimum Gasteiger partial charge on any atom is -0.497 e. The molecule has 1 aliphatic heterocycles. The molecule has 0 spiro atoms. The number of benzene rings is 1. The van der Waals surface area contributed by atoms with Crippen molar-refractivity contribution in [3.8, 4) is 11.5 Å². The van der Waals surface area contributed by atoms with Gasteiger partial charge in [-0.1, -0.05) is 0 Å². The summed E-state index contributed by atoms with van der Waals surface area (Å²) in [5.74, 6) is 0.856. The Labute approximate surface area is 124 Å². The summed E-state index contributed by atoms with van der Waals surface area (Å²) in [6, 6.07) is 4.97. The van der Waals surface area contributed by atoms with E-state index in [4.69, 9.17) is 20.3 Å². The molecule has 1 aromatic rings. The number of methoxy groups -OCH3 is 2. The Balaban J connectivity index is 2.05. The van der Waals surface area contributed by atoms with Gasteiger partial charge in [0.25, 0.3) is 0 Å². The molecule has 6 heteroatoms. The van der Waals surface area contributed by atoms with Gasteiger partial charge in [0.1, 0.15) is 17.5 Å². The average molecular weight is 294 g/mol. The molecule has 2 unspecified atom stereocenters. The summed E-state index contributed by atoms with van der Waals surface area (Å²) in [5.41, 5.74) is 6.64. The zero-order valence-electron chi connectivity index (χ0n) is 12.4. The van der Waals surface area contributed by atoms with Gasteiger partial charge < -0.3 is 25.2 Å². The highest BCUT2D eigenvalue weighted by Crippen LogP contribution is 2.32. The van der Waals surface area contributed by atoms with Gasteiger partial charge in [0.2, 0.25) is 0 Å². The topological polar surface area (TPSA) is 85.0 Å². The minimum absolute atomic E-state index is 0.299. The Hall–Kier alpha value is -1.95. The molecule has 6 nitrogen and oxygen atoms in total. The van der Waals surface area contributed by atoms with E-state index in [0.717, 1.165) is 36.7 Å². The van der Waals surface area contributed by atoms with Gasteiger partial charge in [0, 0.05) is 37.0 Å². The van der Waals surface area contributed by atoms with Crippen LogP contribution >= 0.6 is 0 Å². The molecule has 0 saturated carbocycles. The van der Waals surface area contributed by atoms with Crippen LogP contribution in [0.3, 0.4) is 0 Å². The second-order valence-corrected chi connectivity index (χ2v) is 5.35. The number of ether oxygens (including phenoxy) is 2. The van der Waals surface area contributed by atoms with Crippen LogP contribution in [0.2, 0.25) is 0 Å². The monoisotopic (exact) mass is 294 g/mol. The molecule has 2 atom stereocenters. The Morgan fingerprint density at radius 3 is 2.52 bits per heavy atom. The van der Waals surface area contributed by atoms with E-state index in [9.17, 15) is 4.79 Å². The number of nitrogens with two attached hydrogens (primary N) is 1. The summed E-state index contributed by atoms with van der Waals surface area (Å²) in [6.07, 6.45) is 1.45. The van der Waals surface area contributed by atoms with Crippen LogP contribution in [-0.2, 0) is 4.79 Å². The van der Waals surface area contributed by atoms with Crippen LogP contribution in [0.1, 0.15) is 12.8 Å². The highest BCUT2D eigenvalue weighted by atomic mass is 16.5. The number of hydrogen-bond acceptors (Lipinski definition) is 5. The smallest absolute Gasteiger partial charge is 0.320 e. The lowest BCUT2D eigenvalue weighted by atomic mass is 10.00. The van der Waals surface area contributed by atoms with E-state index in [1.807, 2.05) is 18.2 Å². The molecule has 0 aliphatic carbocycles. The van der Waals surface area contributed by atoms with Crippen LogP contribution in [-0.4, -0.2) is 44.4 Å². The highest BCUT2D eigenvalue weighted by Gasteiger charge is 2.27. The van der Waals surface area contributed by atoms with E-state index >= 15 is 0 Å². The van der Waals surface area contributed by atoms with Gasteiger partial charge in [-0.05, 0) is 18.8 Å². The van der Waals surface area contributed by atoms with E-state index in [-0.39, 0.29) is 0 Å². The Morgan fingerprint density at radius 1 is 1.38 bits per heavy atom. The number of aliphatic carboxylic acids is 1. The molecule has 0 radical (unpaired) electrons. The quantitative estimate of drug-likeness (QED) is 0.823. The third kappa shape index (κ3) is 3.78. The first kappa shape index (κ1) is 15.4. The van der Waals surface area contributed by atoms with Gasteiger partial charge in [-0.2, -0.15) is 0 Å². The largest absolute Gasteiger partial charge is 0.497 e. The standard InChI is InChI=1S/C15H22N2O4/c1-20-12-6-11(7-13(8-12)21-2)17-4-3-10(9-17)5-14(16)15(18)19/h6-8,10,14H,3-5,9,16H2,1-2H3,(H,18,19). The lowest BCUT2D eigenvalue weighted by molar-refractivity contribution is -0.138. The zero-order chi connectivity index (χ0) is 15.4. The van der Waals surface area contributed by atoms with Crippen molar-refractivity contribution in [3.05, 3.63) is 18.2 Å². The maximum absolute atomic E-state index is 10.8. The maximum atomic E-state index is 10.8. The molecule has 116 valence electrons. The molecule has 1 aromatic carbocycles. The first-order valence-corrected chi connectivity index (χ1v) is 7.00. The number of rotatable bonds is 6. The number of carboxylic acid groups (broad SMARTS) is 1. The highest BCUT2D eigenvalue weighted by molar-refractivity contribution is 5.73. The molecule has 2 rings (SSSR count). The van der Waals surface area contributed by atoms with Crippen molar-refractivity contribution in [1.82, 2.24) is 0 Å². The van der Waals surface area contributed by atoms with E-state index in [1.54, 1.807) is 14.2 Å². The van der Waals surface area contributed by atoms with Gasteiger partial charge in [0.05, 0.1) is 14.2 Å². The Bertz CT molecular complexity index is 484. The summed E-state index contributed by atoms with van der Waals surface area (Å²) >= 11 is 0. The van der Waals surface area contributed by atoms with Gasteiger partial charge >= 0.3 is 5.97 Å². The molecule has 0 aromatic heterocycles. The zero-order valence-corrected chi connectivity index (χ0v) is 12.4. The van der Waals surface area contributed by atoms with Crippen LogP contribution in [0.15, 0.2) is 18.2 Å². The summed E-state index contributed by atoms with van der Waals surface area (Å²) in [6.45, 7) is 1.69. The van der Waals surface area contributed by atoms with Gasteiger partial charge in [-0.15, -0.1) is 0 Å². The molecule has 0 bridgehead atoms. The van der Waals surface area contributed by atoms with E-state index in [1.165, 1.54) is 0 Å². The summed E-state index contributed by atoms with van der Waals surface area (Å²) in [5, 5.41) is 8.89. The summed E-state index contributed by atoms with van der Waals surface area (Å²) in [7, 11) is 3.24. The maximum Gasteiger partial charge on any atom is 0.320 e. The van der Waals surface area contributed by atoms with Crippen LogP contribution in [0, 0.1) is 5.92 Å². The predicted molar refractivity (Wildman–Crippen MR) is 80.1 cm³/mol. The normalized spacial score (nSPS) is 19.4. The lowest BCUT2D eigenvalue weighted by Crippen LogP contribution is -2.33. The molecular weight excluding hydrogens is 272 g/mol. The molecule has 1 saturated heterocycles. The van der Waals surface area contributed by atoms with Crippen LogP contribution in [0.5, 0.6) is 11.5 Å². The molecule has 1 fully saturated rings. The van der Waals surface area contributed by atoms with Crippen molar-refractivity contribution in [3.63, 3.8) is 0 Å². The van der Waals surface area contributed by atoms with Crippen molar-refractivity contribution in [1.29, 1.82) is 0 Å². The van der Waals surface area contributed by atoms with Crippen LogP contribution < -0.4 is 20.1 Å². The van der Waals surface area contributed by atoms with Crippen molar-refractivity contribution in [2.75, 3.05) is 32.2 Å². The van der Waals surface area contributed by atoms with Crippen molar-refractivity contribution >= 4 is 11.7 Å². The number of anilines is 1. The molecule has 21 heavy (non-hydrogen) atoms. The second kappa shape index (κ2) is 6.67. The third-order valence-electron chi connectivity index (χ3n) is 3.89. The van der Waals surface area contributed by atoms with E-state index < -0.39 is 12.0 Å². The molecule has 3 N–H and O–H groups in total. The number of carbonyl (C=O) groups is 1. The number of carboxylic acids is 1. The van der Waals surface area contributed by atoms with Crippen molar-refractivity contribution < 1.29 is 19.4 Å². The van der Waals surface area contributed by atoms with Gasteiger partial charge in [-0.25, -0.2) is 0 Å². The third-order valence-corrected chi connectivity index (χ3v) is 3.89. The number of hydrogen-bond donors (Lipinski definition) is 2. The minimum atomic E-state index is -0.934. The summed E-state index contributed by atoms with van der Waals surface area (Å²) in [4.78, 5) is 13.0. The fourth-order valence-electron chi connectivity index (χ4n) is 2.69. The first-order chi connectivity index (χ1) is 10.0. The van der Waals surface area contributed by atoms with Crippen LogP contribution in [0.4, 0.5) is 5.69 Å². The predicted octanol–water partition coefficient (Wildman–Crippen LogP) is 1.33. The fourth-order valence-corrected chi connectivity index (χ4v) is 2.69. The Kier molecular flexibility index (Phi) is 4.90. The molecule has 1 aliphatic rings. The fraction of sp³-hybridized carbons (Fsp3) is 0.533. The lowest BCUT2D eigenvalue weighted by Gasteiger charge is -2.20. The average Bonchev–Trinajstić information content (AvgIpc) is 2.95. The molecule has 1 heterocycles. The molecule has 0 amide bonds. The molecular formula is C15H22N2O4. The van der Waals surface area contributed by atoms with E-state index in [0.29, 0.717) is 12.3 Å². The van der Waals surface area contributed by atoms with E-state index in [2.05, 4.69) is 4.90 Å². The Morgan fingerprint density at radius 2 is 2.00 bits per heavy atom. The van der Waals surface area contributed by atoms with Gasteiger partial charge in [0.15, 0.2) is 0 Å². The SMILES string of the molecule is COc1cc(OC)cc(N2CCC(CC(N)C(=O)O)C2)c1. The van der Waals surface area contributed by atoms with Gasteiger partial charge in [-0.3, -0.25) is 4.79 Å². The number of nitrogens with zero attached hydrogens (tertiary/aromatic N) is 1. The van der Waals surface area contributed by atoms with Crippen molar-refractivity contribution in [2.24, 2.45) is 11.7 Å². The second-order valence-electron chi connectivity index (χ2n) is 5.35. The van der Waals surface area contributed by atoms with Crippen molar-refractivity contribution in [2.45, 2.75) is 18.9 Å². The van der Waals surface area contributed by atoms with Crippen LogP contribution in [0.25, 0.3) is 0 Å². The first-order valence-electron chi connectivity index (χ1n) is 7.00.